The topological polar surface area (TPSA) is 66.8 Å². The van der Waals surface area contributed by atoms with Crippen molar-refractivity contribution in [1.82, 2.24) is 4.90 Å². The maximum Gasteiger partial charge on any atom is 0.296 e. The van der Waals surface area contributed by atoms with E-state index in [9.17, 15) is 14.7 Å². The van der Waals surface area contributed by atoms with Crippen LogP contribution >= 0.6 is 0 Å². The van der Waals surface area contributed by atoms with Crippen LogP contribution in [0.15, 0.2) is 48.2 Å². The van der Waals surface area contributed by atoms with Crippen molar-refractivity contribution in [1.29, 1.82) is 0 Å². The Hall–Kier alpha value is -3.08. The Kier molecular flexibility index (Phi) is 4.80. The number of amides is 2. The zero-order chi connectivity index (χ0) is 18.8. The molecule has 0 atom stereocenters. The average molecular weight is 351 g/mol. The van der Waals surface area contributed by atoms with Gasteiger partial charge in [0.1, 0.15) is 12.4 Å². The molecule has 1 aliphatic rings. The molecule has 0 saturated heterocycles. The van der Waals surface area contributed by atoms with Gasteiger partial charge in [-0.15, -0.1) is 0 Å². The van der Waals surface area contributed by atoms with Gasteiger partial charge >= 0.3 is 0 Å². The SMILES string of the molecule is Cc1ccc(C2=C(O)C(=O)N(CCOc3cc(C)cc(C)c3)C2=O)cc1. The van der Waals surface area contributed by atoms with Gasteiger partial charge in [-0.1, -0.05) is 35.9 Å². The predicted octanol–water partition coefficient (Wildman–Crippen LogP) is 3.33. The van der Waals surface area contributed by atoms with E-state index in [1.165, 1.54) is 0 Å². The highest BCUT2D eigenvalue weighted by molar-refractivity contribution is 6.34. The number of rotatable bonds is 5. The fraction of sp³-hybridized carbons (Fsp3) is 0.238. The highest BCUT2D eigenvalue weighted by Crippen LogP contribution is 2.28. The predicted molar refractivity (Wildman–Crippen MR) is 98.9 cm³/mol. The van der Waals surface area contributed by atoms with Crippen molar-refractivity contribution in [2.45, 2.75) is 20.8 Å². The summed E-state index contributed by atoms with van der Waals surface area (Å²) >= 11 is 0. The van der Waals surface area contributed by atoms with Crippen molar-refractivity contribution in [3.63, 3.8) is 0 Å². The minimum Gasteiger partial charge on any atom is -0.502 e. The maximum absolute atomic E-state index is 12.6. The number of aliphatic hydroxyl groups excluding tert-OH is 1. The van der Waals surface area contributed by atoms with E-state index in [0.717, 1.165) is 21.6 Å². The molecule has 1 N–H and O–H groups in total. The van der Waals surface area contributed by atoms with Crippen LogP contribution in [0.2, 0.25) is 0 Å². The third-order valence-corrected chi connectivity index (χ3v) is 4.26. The van der Waals surface area contributed by atoms with Crippen LogP contribution in [0.25, 0.3) is 5.57 Å². The molecule has 2 aromatic rings. The lowest BCUT2D eigenvalue weighted by Gasteiger charge is -2.15. The van der Waals surface area contributed by atoms with Crippen LogP contribution < -0.4 is 4.74 Å². The van der Waals surface area contributed by atoms with Gasteiger partial charge < -0.3 is 9.84 Å². The molecule has 26 heavy (non-hydrogen) atoms. The molecule has 3 rings (SSSR count). The number of aliphatic hydroxyl groups is 1. The molecule has 2 amide bonds. The monoisotopic (exact) mass is 351 g/mol. The lowest BCUT2D eigenvalue weighted by molar-refractivity contribution is -0.138. The maximum atomic E-state index is 12.6. The molecule has 2 aromatic carbocycles. The van der Waals surface area contributed by atoms with Crippen molar-refractivity contribution in [3.05, 3.63) is 70.5 Å². The summed E-state index contributed by atoms with van der Waals surface area (Å²) in [6, 6.07) is 12.9. The van der Waals surface area contributed by atoms with Gasteiger partial charge in [-0.05, 0) is 49.6 Å². The number of aryl methyl sites for hydroxylation is 3. The number of hydrogen-bond acceptors (Lipinski definition) is 4. The largest absolute Gasteiger partial charge is 0.502 e. The second-order valence-corrected chi connectivity index (χ2v) is 6.52. The number of ether oxygens (including phenoxy) is 1. The summed E-state index contributed by atoms with van der Waals surface area (Å²) in [4.78, 5) is 25.9. The van der Waals surface area contributed by atoms with Crippen molar-refractivity contribution in [2.24, 2.45) is 0 Å². The Labute approximate surface area is 152 Å². The van der Waals surface area contributed by atoms with Crippen LogP contribution in [-0.4, -0.2) is 35.0 Å². The summed E-state index contributed by atoms with van der Waals surface area (Å²) in [6.45, 7) is 6.11. The van der Waals surface area contributed by atoms with E-state index in [4.69, 9.17) is 4.74 Å². The third-order valence-electron chi connectivity index (χ3n) is 4.26. The van der Waals surface area contributed by atoms with E-state index in [0.29, 0.717) is 11.3 Å². The van der Waals surface area contributed by atoms with Crippen LogP contribution in [0.1, 0.15) is 22.3 Å². The number of nitrogens with zero attached hydrogens (tertiary/aromatic N) is 1. The summed E-state index contributed by atoms with van der Waals surface area (Å²) in [5.74, 6) is -1.00. The molecule has 0 fully saturated rings. The van der Waals surface area contributed by atoms with Crippen LogP contribution in [0.4, 0.5) is 0 Å². The van der Waals surface area contributed by atoms with E-state index in [-0.39, 0.29) is 18.7 Å². The summed E-state index contributed by atoms with van der Waals surface area (Å²) in [5.41, 5.74) is 3.76. The number of imide groups is 1. The molecule has 5 heteroatoms. The van der Waals surface area contributed by atoms with Crippen LogP contribution in [0.3, 0.4) is 0 Å². The molecular formula is C21H21NO4. The lowest BCUT2D eigenvalue weighted by atomic mass is 10.0. The van der Waals surface area contributed by atoms with Gasteiger partial charge in [0.15, 0.2) is 5.76 Å². The molecule has 0 bridgehead atoms. The molecule has 134 valence electrons. The highest BCUT2D eigenvalue weighted by atomic mass is 16.5. The summed E-state index contributed by atoms with van der Waals surface area (Å²) in [5, 5.41) is 10.1. The first-order valence-corrected chi connectivity index (χ1v) is 8.44. The molecule has 1 aliphatic heterocycles. The second-order valence-electron chi connectivity index (χ2n) is 6.52. The van der Waals surface area contributed by atoms with Crippen molar-refractivity contribution in [2.75, 3.05) is 13.2 Å². The van der Waals surface area contributed by atoms with Gasteiger partial charge in [0, 0.05) is 0 Å². The Bertz CT molecular complexity index is 876. The first-order valence-electron chi connectivity index (χ1n) is 8.44. The zero-order valence-corrected chi connectivity index (χ0v) is 15.1. The standard InChI is InChI=1S/C21H21NO4/c1-13-4-6-16(7-5-13)18-19(23)21(25)22(20(18)24)8-9-26-17-11-14(2)10-15(3)12-17/h4-7,10-12,23H,8-9H2,1-3H3. The van der Waals surface area contributed by atoms with Gasteiger partial charge in [0.25, 0.3) is 11.8 Å². The molecule has 0 radical (unpaired) electrons. The molecule has 0 spiro atoms. The van der Waals surface area contributed by atoms with Gasteiger partial charge in [0.05, 0.1) is 12.1 Å². The van der Waals surface area contributed by atoms with Gasteiger partial charge in [-0.2, -0.15) is 0 Å². The van der Waals surface area contributed by atoms with Gasteiger partial charge in [0.2, 0.25) is 0 Å². The van der Waals surface area contributed by atoms with Crippen molar-refractivity contribution in [3.8, 4) is 5.75 Å². The highest BCUT2D eigenvalue weighted by Gasteiger charge is 2.38. The van der Waals surface area contributed by atoms with E-state index >= 15 is 0 Å². The smallest absolute Gasteiger partial charge is 0.296 e. The quantitative estimate of drug-likeness (QED) is 0.839. The fourth-order valence-corrected chi connectivity index (χ4v) is 3.02. The molecular weight excluding hydrogens is 330 g/mol. The van der Waals surface area contributed by atoms with E-state index in [1.807, 2.05) is 51.1 Å². The van der Waals surface area contributed by atoms with E-state index < -0.39 is 17.6 Å². The lowest BCUT2D eigenvalue weighted by Crippen LogP contribution is -2.35. The Morgan fingerprint density at radius 1 is 0.885 bits per heavy atom. The summed E-state index contributed by atoms with van der Waals surface area (Å²) in [7, 11) is 0. The summed E-state index contributed by atoms with van der Waals surface area (Å²) in [6.07, 6.45) is 0. The van der Waals surface area contributed by atoms with Gasteiger partial charge in [-0.25, -0.2) is 0 Å². The number of benzene rings is 2. The van der Waals surface area contributed by atoms with Crippen molar-refractivity contribution < 1.29 is 19.4 Å². The number of hydrogen-bond donors (Lipinski definition) is 1. The number of carbonyl (C=O) groups excluding carboxylic acids is 2. The number of carbonyl (C=O) groups is 2. The molecule has 0 saturated carbocycles. The van der Waals surface area contributed by atoms with Gasteiger partial charge in [-0.3, -0.25) is 14.5 Å². The van der Waals surface area contributed by atoms with Crippen LogP contribution in [-0.2, 0) is 9.59 Å². The third kappa shape index (κ3) is 3.47. The first-order chi connectivity index (χ1) is 12.4. The molecule has 0 aromatic heterocycles. The molecule has 0 unspecified atom stereocenters. The minimum absolute atomic E-state index is 0.0430. The normalized spacial score (nSPS) is 14.3. The Morgan fingerprint density at radius 3 is 2.12 bits per heavy atom. The molecule has 5 nitrogen and oxygen atoms in total. The average Bonchev–Trinajstić information content (AvgIpc) is 2.78. The molecule has 1 heterocycles. The summed E-state index contributed by atoms with van der Waals surface area (Å²) < 4.78 is 5.67. The Balaban J connectivity index is 1.69. The van der Waals surface area contributed by atoms with Crippen molar-refractivity contribution >= 4 is 17.4 Å². The second kappa shape index (κ2) is 7.04. The zero-order valence-electron chi connectivity index (χ0n) is 15.1. The Morgan fingerprint density at radius 2 is 1.50 bits per heavy atom. The van der Waals surface area contributed by atoms with Crippen LogP contribution in [0, 0.1) is 20.8 Å². The minimum atomic E-state index is -0.686. The van der Waals surface area contributed by atoms with Crippen LogP contribution in [0.5, 0.6) is 5.75 Å². The molecule has 0 aliphatic carbocycles. The van der Waals surface area contributed by atoms with E-state index in [2.05, 4.69) is 0 Å². The van der Waals surface area contributed by atoms with E-state index in [1.54, 1.807) is 12.1 Å². The fourth-order valence-electron chi connectivity index (χ4n) is 3.02. The first kappa shape index (κ1) is 17.7.